The largest absolute Gasteiger partial charge is 0.439 e. The van der Waals surface area contributed by atoms with Gasteiger partial charge in [-0.2, -0.15) is 0 Å². The number of amides is 4. The molecule has 33 heavy (non-hydrogen) atoms. The van der Waals surface area contributed by atoms with Crippen LogP contribution >= 0.6 is 0 Å². The average Bonchev–Trinajstić information content (AvgIpc) is 3.37. The van der Waals surface area contributed by atoms with E-state index < -0.39 is 29.7 Å². The molecule has 0 aliphatic carbocycles. The Balaban J connectivity index is 1.36. The van der Waals surface area contributed by atoms with E-state index >= 15 is 0 Å². The lowest BCUT2D eigenvalue weighted by molar-refractivity contribution is -0.136. The van der Waals surface area contributed by atoms with Gasteiger partial charge in [0.05, 0.1) is 23.9 Å². The van der Waals surface area contributed by atoms with E-state index in [1.807, 2.05) is 31.2 Å². The zero-order valence-electron chi connectivity index (χ0n) is 17.8. The van der Waals surface area contributed by atoms with Gasteiger partial charge in [0.1, 0.15) is 11.8 Å². The highest BCUT2D eigenvalue weighted by molar-refractivity contribution is 6.25. The summed E-state index contributed by atoms with van der Waals surface area (Å²) in [5.74, 6) is -1.10. The molecule has 9 nitrogen and oxygen atoms in total. The zero-order chi connectivity index (χ0) is 23.1. The minimum absolute atomic E-state index is 0.0731. The summed E-state index contributed by atoms with van der Waals surface area (Å²) in [6.45, 7) is 2.22. The molecule has 0 saturated carbocycles. The van der Waals surface area contributed by atoms with Crippen LogP contribution in [0.3, 0.4) is 0 Å². The standard InChI is InChI=1S/C24H20N4O5/c1-13-5-2-3-6-15(13)22-26-12-14(33-22)11-25-17-8-4-7-16-20(17)24(32)28(23(16)31)18-9-10-19(29)27-21(18)30/h2-8,12,18,25H,9-11H2,1H3,(H,27,29,30). The number of carbonyl (C=O) groups is 4. The molecule has 2 aliphatic heterocycles. The van der Waals surface area contributed by atoms with Crippen LogP contribution in [0.4, 0.5) is 5.69 Å². The molecule has 0 bridgehead atoms. The number of nitrogens with one attached hydrogen (secondary N) is 2. The molecule has 166 valence electrons. The van der Waals surface area contributed by atoms with Gasteiger partial charge in [-0.25, -0.2) is 4.98 Å². The third kappa shape index (κ3) is 3.57. The summed E-state index contributed by atoms with van der Waals surface area (Å²) in [5.41, 5.74) is 2.80. The van der Waals surface area contributed by atoms with Crippen LogP contribution in [0.1, 0.15) is 44.9 Å². The molecule has 0 radical (unpaired) electrons. The number of hydrogen-bond acceptors (Lipinski definition) is 7. The third-order valence-corrected chi connectivity index (χ3v) is 5.85. The summed E-state index contributed by atoms with van der Waals surface area (Å²) >= 11 is 0. The Labute approximate surface area is 188 Å². The lowest BCUT2D eigenvalue weighted by Gasteiger charge is -2.27. The molecular weight excluding hydrogens is 424 g/mol. The molecule has 3 aromatic rings. The molecule has 2 N–H and O–H groups in total. The molecule has 4 amide bonds. The molecule has 1 unspecified atom stereocenters. The van der Waals surface area contributed by atoms with Gasteiger partial charge in [0.2, 0.25) is 17.7 Å². The Morgan fingerprint density at radius 2 is 1.85 bits per heavy atom. The molecule has 2 aliphatic rings. The van der Waals surface area contributed by atoms with Crippen molar-refractivity contribution in [2.75, 3.05) is 5.32 Å². The number of nitrogens with zero attached hydrogens (tertiary/aromatic N) is 2. The monoisotopic (exact) mass is 444 g/mol. The maximum atomic E-state index is 13.2. The van der Waals surface area contributed by atoms with Crippen molar-refractivity contribution in [1.29, 1.82) is 0 Å². The lowest BCUT2D eigenvalue weighted by atomic mass is 10.0. The second-order valence-corrected chi connectivity index (χ2v) is 7.98. The average molecular weight is 444 g/mol. The first-order valence-electron chi connectivity index (χ1n) is 10.5. The number of rotatable bonds is 5. The number of imide groups is 2. The maximum absolute atomic E-state index is 13.2. The minimum Gasteiger partial charge on any atom is -0.439 e. The Kier molecular flexibility index (Phi) is 5.01. The number of benzene rings is 2. The molecule has 5 rings (SSSR count). The zero-order valence-corrected chi connectivity index (χ0v) is 17.8. The molecular formula is C24H20N4O5. The van der Waals surface area contributed by atoms with Gasteiger partial charge in [0, 0.05) is 17.7 Å². The number of carbonyl (C=O) groups excluding carboxylic acids is 4. The Bertz CT molecular complexity index is 1310. The maximum Gasteiger partial charge on any atom is 0.264 e. The lowest BCUT2D eigenvalue weighted by Crippen LogP contribution is -2.54. The fraction of sp³-hybridized carbons (Fsp3) is 0.208. The molecule has 1 aromatic heterocycles. The van der Waals surface area contributed by atoms with Crippen LogP contribution in [0, 0.1) is 6.92 Å². The van der Waals surface area contributed by atoms with Crippen LogP contribution in [0.5, 0.6) is 0 Å². The summed E-state index contributed by atoms with van der Waals surface area (Å²) in [6, 6.07) is 11.7. The minimum atomic E-state index is -1.01. The van der Waals surface area contributed by atoms with Crippen molar-refractivity contribution in [3.63, 3.8) is 0 Å². The third-order valence-electron chi connectivity index (χ3n) is 5.85. The second kappa shape index (κ2) is 8.01. The van der Waals surface area contributed by atoms with Crippen LogP contribution in [0.25, 0.3) is 11.5 Å². The number of aromatic nitrogens is 1. The van der Waals surface area contributed by atoms with Gasteiger partial charge in [0.15, 0.2) is 0 Å². The number of oxazole rings is 1. The van der Waals surface area contributed by atoms with Crippen molar-refractivity contribution in [1.82, 2.24) is 15.2 Å². The topological polar surface area (TPSA) is 122 Å². The fourth-order valence-corrected chi connectivity index (χ4v) is 4.17. The van der Waals surface area contributed by atoms with E-state index in [0.717, 1.165) is 16.0 Å². The number of fused-ring (bicyclic) bond motifs is 1. The van der Waals surface area contributed by atoms with Gasteiger partial charge in [-0.15, -0.1) is 0 Å². The summed E-state index contributed by atoms with van der Waals surface area (Å²) < 4.78 is 5.86. The molecule has 0 spiro atoms. The SMILES string of the molecule is Cc1ccccc1-c1ncc(CNc2cccc3c2C(=O)N(C2CCC(=O)NC2=O)C3=O)o1. The number of aryl methyl sites for hydroxylation is 1. The quantitative estimate of drug-likeness (QED) is 0.580. The van der Waals surface area contributed by atoms with Crippen molar-refractivity contribution < 1.29 is 23.6 Å². The normalized spacial score (nSPS) is 17.8. The summed E-state index contributed by atoms with van der Waals surface area (Å²) in [6.07, 6.45) is 1.79. The highest BCUT2D eigenvalue weighted by Crippen LogP contribution is 2.33. The molecule has 1 saturated heterocycles. The second-order valence-electron chi connectivity index (χ2n) is 7.98. The van der Waals surface area contributed by atoms with Gasteiger partial charge >= 0.3 is 0 Å². The van der Waals surface area contributed by atoms with Gasteiger partial charge in [-0.3, -0.25) is 29.4 Å². The van der Waals surface area contributed by atoms with Crippen LogP contribution in [0.15, 0.2) is 53.1 Å². The van der Waals surface area contributed by atoms with E-state index in [0.29, 0.717) is 17.3 Å². The first-order chi connectivity index (χ1) is 15.9. The predicted octanol–water partition coefficient (Wildman–Crippen LogP) is 2.66. The van der Waals surface area contributed by atoms with Gasteiger partial charge in [0.25, 0.3) is 11.8 Å². The van der Waals surface area contributed by atoms with Crippen LogP contribution in [-0.4, -0.2) is 39.6 Å². The fourth-order valence-electron chi connectivity index (χ4n) is 4.17. The first kappa shape index (κ1) is 20.6. The molecule has 1 atom stereocenters. The van der Waals surface area contributed by atoms with Crippen LogP contribution in [0.2, 0.25) is 0 Å². The highest BCUT2D eigenvalue weighted by Gasteiger charge is 2.45. The van der Waals surface area contributed by atoms with E-state index in [4.69, 9.17) is 4.42 Å². The van der Waals surface area contributed by atoms with Crippen LogP contribution < -0.4 is 10.6 Å². The Morgan fingerprint density at radius 3 is 2.64 bits per heavy atom. The van der Waals surface area contributed by atoms with E-state index in [1.165, 1.54) is 0 Å². The summed E-state index contributed by atoms with van der Waals surface area (Å²) in [7, 11) is 0. The first-order valence-corrected chi connectivity index (χ1v) is 10.5. The molecule has 1 fully saturated rings. The van der Waals surface area contributed by atoms with Gasteiger partial charge < -0.3 is 9.73 Å². The van der Waals surface area contributed by atoms with E-state index in [-0.39, 0.29) is 30.5 Å². The molecule has 9 heteroatoms. The summed E-state index contributed by atoms with van der Waals surface area (Å²) in [4.78, 5) is 55.1. The summed E-state index contributed by atoms with van der Waals surface area (Å²) in [5, 5.41) is 5.34. The van der Waals surface area contributed by atoms with Gasteiger partial charge in [-0.05, 0) is 37.1 Å². The van der Waals surface area contributed by atoms with Crippen molar-refractivity contribution in [2.45, 2.75) is 32.4 Å². The molecule has 3 heterocycles. The van der Waals surface area contributed by atoms with Crippen molar-refractivity contribution in [3.8, 4) is 11.5 Å². The number of piperidine rings is 1. The smallest absolute Gasteiger partial charge is 0.264 e. The van der Waals surface area contributed by atoms with Crippen molar-refractivity contribution >= 4 is 29.3 Å². The van der Waals surface area contributed by atoms with E-state index in [2.05, 4.69) is 15.6 Å². The Hall–Kier alpha value is -4.27. The van der Waals surface area contributed by atoms with E-state index in [1.54, 1.807) is 24.4 Å². The van der Waals surface area contributed by atoms with Crippen molar-refractivity contribution in [2.24, 2.45) is 0 Å². The predicted molar refractivity (Wildman–Crippen MR) is 117 cm³/mol. The number of hydrogen-bond donors (Lipinski definition) is 2. The van der Waals surface area contributed by atoms with Gasteiger partial charge in [-0.1, -0.05) is 24.3 Å². The molecule has 2 aromatic carbocycles. The van der Waals surface area contributed by atoms with E-state index in [9.17, 15) is 19.2 Å². The Morgan fingerprint density at radius 1 is 1.06 bits per heavy atom. The van der Waals surface area contributed by atoms with Crippen LogP contribution in [-0.2, 0) is 16.1 Å². The highest BCUT2D eigenvalue weighted by atomic mass is 16.4. The van der Waals surface area contributed by atoms with Crippen molar-refractivity contribution in [3.05, 3.63) is 71.1 Å². The number of anilines is 1.